The first-order valence-corrected chi connectivity index (χ1v) is 23.8. The van der Waals surface area contributed by atoms with Gasteiger partial charge >= 0.3 is 6.09 Å². The number of aromatic nitrogens is 6. The van der Waals surface area contributed by atoms with E-state index in [1.54, 1.807) is 119 Å². The first-order valence-electron chi connectivity index (χ1n) is 20.8. The second-order valence-corrected chi connectivity index (χ2v) is 20.4. The summed E-state index contributed by atoms with van der Waals surface area (Å²) in [5, 5.41) is 24.8. The number of aliphatic hydroxyl groups is 1. The number of nitrogens with two attached hydrogens (primary N) is 1. The number of tetrazole rings is 1. The second kappa shape index (κ2) is 19.8. The van der Waals surface area contributed by atoms with E-state index in [0.29, 0.717) is 45.0 Å². The Morgan fingerprint density at radius 3 is 1.91 bits per heavy atom. The smallest absolute Gasteiger partial charge is 0.407 e. The number of nitrogen functional groups attached to an aromatic ring is 1. The molecule has 0 bridgehead atoms. The van der Waals surface area contributed by atoms with Gasteiger partial charge in [-0.3, -0.25) is 0 Å². The number of hydrogen-bond acceptors (Lipinski definition) is 15. The third kappa shape index (κ3) is 10.8. The van der Waals surface area contributed by atoms with Gasteiger partial charge in [-0.05, 0) is 96.8 Å². The Bertz CT molecular complexity index is 3030. The van der Waals surface area contributed by atoms with Gasteiger partial charge in [0, 0.05) is 25.2 Å². The van der Waals surface area contributed by atoms with Crippen LogP contribution in [-0.2, 0) is 44.2 Å². The Morgan fingerprint density at radius 1 is 0.806 bits per heavy atom. The van der Waals surface area contributed by atoms with Crippen LogP contribution in [0, 0.1) is 0 Å². The summed E-state index contributed by atoms with van der Waals surface area (Å²) >= 11 is 0. The molecule has 19 nitrogen and oxygen atoms in total. The van der Waals surface area contributed by atoms with Crippen molar-refractivity contribution in [2.45, 2.75) is 61.0 Å². The van der Waals surface area contributed by atoms with Gasteiger partial charge in [0.25, 0.3) is 0 Å². The van der Waals surface area contributed by atoms with Crippen molar-refractivity contribution in [3.8, 4) is 39.8 Å². The number of aliphatic hydroxyl groups excluding tert-OH is 1. The quantitative estimate of drug-likeness (QED) is 0.0818. The number of nitrogens with zero attached hydrogens (tertiary/aromatic N) is 6. The van der Waals surface area contributed by atoms with E-state index < -0.39 is 59.7 Å². The molecule has 7 rings (SSSR count). The lowest BCUT2D eigenvalue weighted by molar-refractivity contribution is 0.0525. The summed E-state index contributed by atoms with van der Waals surface area (Å²) < 4.78 is 85.1. The predicted molar refractivity (Wildman–Crippen MR) is 250 cm³/mol. The van der Waals surface area contributed by atoms with Crippen molar-refractivity contribution in [2.24, 2.45) is 0 Å². The van der Waals surface area contributed by atoms with Crippen molar-refractivity contribution in [3.63, 3.8) is 0 Å². The number of rotatable bonds is 18. The molecule has 0 unspecified atom stereocenters. The van der Waals surface area contributed by atoms with Gasteiger partial charge in [0.2, 0.25) is 15.8 Å². The molecule has 2 aromatic heterocycles. The molecule has 0 aliphatic rings. The average molecular weight is 954 g/mol. The van der Waals surface area contributed by atoms with Crippen molar-refractivity contribution in [1.82, 2.24) is 39.8 Å². The number of nitrogens with one attached hydrogen (secondary N) is 2. The fourth-order valence-electron chi connectivity index (χ4n) is 7.25. The SMILES string of the molecule is COc1ccc(CN(Cc2ccc(OC)cc2)S(=O)(=O)c2c(S(=O)(=O)[C@@H](CO)CNC(=O)OC(C)(C)C)ccc(-c3cccc4[nH]c(N)nc34)c2-c2nnn(Cc3ccc(OC)cc3)n2)cc1. The third-order valence-electron chi connectivity index (χ3n) is 10.6. The van der Waals surface area contributed by atoms with Crippen LogP contribution in [0.3, 0.4) is 0 Å². The van der Waals surface area contributed by atoms with Crippen molar-refractivity contribution in [3.05, 3.63) is 120 Å². The van der Waals surface area contributed by atoms with Gasteiger partial charge in [-0.2, -0.15) is 9.10 Å². The maximum Gasteiger partial charge on any atom is 0.407 e. The summed E-state index contributed by atoms with van der Waals surface area (Å²) in [6, 6.07) is 28.3. The molecule has 0 saturated heterocycles. The first-order chi connectivity index (χ1) is 31.9. The number of benzene rings is 5. The Hall–Kier alpha value is -7.07. The highest BCUT2D eigenvalue weighted by Crippen LogP contribution is 2.44. The zero-order valence-electron chi connectivity index (χ0n) is 37.6. The Morgan fingerprint density at radius 2 is 1.37 bits per heavy atom. The fraction of sp³-hybridized carbons (Fsp3) is 0.283. The molecule has 0 spiro atoms. The lowest BCUT2D eigenvalue weighted by Gasteiger charge is -2.27. The van der Waals surface area contributed by atoms with Crippen LogP contribution in [0.1, 0.15) is 37.5 Å². The minimum Gasteiger partial charge on any atom is -0.497 e. The van der Waals surface area contributed by atoms with Gasteiger partial charge in [0.15, 0.2) is 15.8 Å². The van der Waals surface area contributed by atoms with E-state index in [1.165, 1.54) is 25.1 Å². The molecular formula is C46H51N9O10S2. The molecule has 1 amide bonds. The van der Waals surface area contributed by atoms with E-state index >= 15 is 16.8 Å². The van der Waals surface area contributed by atoms with Crippen LogP contribution in [0.5, 0.6) is 17.2 Å². The number of anilines is 1. The summed E-state index contributed by atoms with van der Waals surface area (Å²) in [7, 11) is -5.39. The highest BCUT2D eigenvalue weighted by atomic mass is 32.2. The maximum atomic E-state index is 16.1. The standard InChI is InChI=1S/C46H51N9O10S2/c1-46(2,3)65-45(57)48-24-35(28-56)66(58,59)39-23-22-36(37-8-7-9-38-41(37)50-44(47)49-38)40(43-51-53-55(52-43)27-31-14-20-34(64-6)21-15-31)42(39)67(60,61)54(25-29-10-16-32(62-4)17-11-29)26-30-12-18-33(63-5)19-13-30/h7-23,35,56H,24-28H2,1-6H3,(H,48,57)(H3,47,49,50)/t35-/m1/s1. The van der Waals surface area contributed by atoms with E-state index in [9.17, 15) is 9.90 Å². The number of hydrogen-bond donors (Lipinski definition) is 4. The highest BCUT2D eigenvalue weighted by molar-refractivity contribution is 7.94. The van der Waals surface area contributed by atoms with Gasteiger partial charge < -0.3 is 40.1 Å². The summed E-state index contributed by atoms with van der Waals surface area (Å²) in [6.07, 6.45) is -0.945. The largest absolute Gasteiger partial charge is 0.497 e. The zero-order valence-corrected chi connectivity index (χ0v) is 39.3. The summed E-state index contributed by atoms with van der Waals surface area (Å²) in [6.45, 7) is 2.82. The highest BCUT2D eigenvalue weighted by Gasteiger charge is 2.41. The Labute approximate surface area is 387 Å². The van der Waals surface area contributed by atoms with Gasteiger partial charge in [0.05, 0.1) is 56.0 Å². The van der Waals surface area contributed by atoms with E-state index in [-0.39, 0.29) is 42.5 Å². The van der Waals surface area contributed by atoms with Crippen LogP contribution < -0.4 is 25.3 Å². The number of carbonyl (C=O) groups excluding carboxylic acids is 1. The van der Waals surface area contributed by atoms with Crippen molar-refractivity contribution >= 4 is 42.9 Å². The summed E-state index contributed by atoms with van der Waals surface area (Å²) in [4.78, 5) is 20.2. The van der Waals surface area contributed by atoms with Crippen molar-refractivity contribution in [2.75, 3.05) is 40.2 Å². The molecule has 5 aromatic carbocycles. The first kappa shape index (κ1) is 47.9. The molecule has 0 aliphatic heterocycles. The third-order valence-corrected chi connectivity index (χ3v) is 14.7. The molecule has 5 N–H and O–H groups in total. The number of amides is 1. The van der Waals surface area contributed by atoms with Gasteiger partial charge in [-0.25, -0.2) is 26.6 Å². The Kier molecular flexibility index (Phi) is 14.2. The number of para-hydroxylation sites is 1. The number of H-pyrrole nitrogens is 1. The van der Waals surface area contributed by atoms with Crippen molar-refractivity contribution < 1.29 is 45.7 Å². The molecule has 0 fully saturated rings. The molecule has 1 atom stereocenters. The number of imidazole rings is 1. The zero-order chi connectivity index (χ0) is 48.1. The molecule has 2 heterocycles. The van der Waals surface area contributed by atoms with Crippen LogP contribution in [0.15, 0.2) is 113 Å². The minimum absolute atomic E-state index is 0.0769. The lowest BCUT2D eigenvalue weighted by atomic mass is 9.98. The molecule has 67 heavy (non-hydrogen) atoms. The number of aromatic amines is 1. The van der Waals surface area contributed by atoms with Gasteiger partial charge in [-0.1, -0.05) is 54.6 Å². The number of fused-ring (bicyclic) bond motifs is 1. The van der Waals surface area contributed by atoms with Crippen LogP contribution in [0.4, 0.5) is 10.7 Å². The Balaban J connectivity index is 1.51. The molecule has 7 aromatic rings. The number of sulfonamides is 1. The van der Waals surface area contributed by atoms with Gasteiger partial charge in [0.1, 0.15) is 33.0 Å². The van der Waals surface area contributed by atoms with Crippen LogP contribution >= 0.6 is 0 Å². The number of methoxy groups -OCH3 is 3. The molecular weight excluding hydrogens is 903 g/mol. The fourth-order valence-corrected chi connectivity index (χ4v) is 11.1. The molecule has 0 radical (unpaired) electrons. The number of alkyl carbamates (subject to hydrolysis) is 1. The van der Waals surface area contributed by atoms with Crippen LogP contribution in [-0.4, -0.2) is 108 Å². The molecule has 0 aliphatic carbocycles. The van der Waals surface area contributed by atoms with E-state index in [0.717, 1.165) is 15.9 Å². The molecule has 0 saturated carbocycles. The average Bonchev–Trinajstić information content (AvgIpc) is 3.94. The van der Waals surface area contributed by atoms with Gasteiger partial charge in [-0.15, -0.1) is 10.2 Å². The summed E-state index contributed by atoms with van der Waals surface area (Å²) in [5.41, 5.74) is 8.17. The van der Waals surface area contributed by atoms with Crippen LogP contribution in [0.25, 0.3) is 33.5 Å². The molecule has 21 heteroatoms. The van der Waals surface area contributed by atoms with Crippen LogP contribution in [0.2, 0.25) is 0 Å². The number of sulfone groups is 1. The number of ether oxygens (including phenoxy) is 4. The second-order valence-electron chi connectivity index (χ2n) is 16.3. The summed E-state index contributed by atoms with van der Waals surface area (Å²) in [5.74, 6) is 1.51. The lowest BCUT2D eigenvalue weighted by Crippen LogP contribution is -2.42. The van der Waals surface area contributed by atoms with E-state index in [4.69, 9.17) is 29.8 Å². The number of carbonyl (C=O) groups is 1. The van der Waals surface area contributed by atoms with E-state index in [1.807, 2.05) is 0 Å². The topological polar surface area (TPSA) is 256 Å². The monoisotopic (exact) mass is 953 g/mol. The normalized spacial score (nSPS) is 12.5. The predicted octanol–water partition coefficient (Wildman–Crippen LogP) is 5.59. The van der Waals surface area contributed by atoms with Crippen molar-refractivity contribution in [1.29, 1.82) is 0 Å². The maximum absolute atomic E-state index is 16.1. The molecule has 352 valence electrons. The van der Waals surface area contributed by atoms with E-state index in [2.05, 4.69) is 25.6 Å². The minimum atomic E-state index is -5.04.